The van der Waals surface area contributed by atoms with Crippen molar-refractivity contribution in [3.05, 3.63) is 71.8 Å². The summed E-state index contributed by atoms with van der Waals surface area (Å²) >= 11 is 0. The lowest BCUT2D eigenvalue weighted by Gasteiger charge is -2.41. The summed E-state index contributed by atoms with van der Waals surface area (Å²) in [6.45, 7) is 13.5. The summed E-state index contributed by atoms with van der Waals surface area (Å²) < 4.78 is 41.3. The highest BCUT2D eigenvalue weighted by Gasteiger charge is 2.53. The molecule has 0 radical (unpaired) electrons. The number of likely N-dealkylation sites (tertiary alicyclic amines) is 1. The molecule has 2 aromatic rings. The number of sulfonamides is 1. The molecule has 6 nitrogen and oxygen atoms in total. The Morgan fingerprint density at radius 2 is 1.53 bits per heavy atom. The predicted octanol–water partition coefficient (Wildman–Crippen LogP) is 7.51. The van der Waals surface area contributed by atoms with E-state index < -0.39 is 18.1 Å². The van der Waals surface area contributed by atoms with E-state index in [9.17, 15) is 8.42 Å². The van der Waals surface area contributed by atoms with Crippen LogP contribution in [0.5, 0.6) is 0 Å². The Bertz CT molecular complexity index is 1210. The quantitative estimate of drug-likeness (QED) is 0.116. The van der Waals surface area contributed by atoms with E-state index in [0.29, 0.717) is 19.1 Å². The number of ether oxygens (including phenoxy) is 2. The van der Waals surface area contributed by atoms with Gasteiger partial charge in [0.25, 0.3) is 0 Å². The second kappa shape index (κ2) is 15.2. The standard InChI is InChI=1S/C35H56N2O4SSi/c1-7-35(8-2)25-33(37(42(3,38)39)28-40-23-24-43(4,5)6)34(36(35)26-29-15-11-9-12-16-29)27-41-32-21-19-31(20-22-32)30-17-13-10-14-18-30/h9-18,31-34H,7-8,19-28H2,1-6H3/t31-,32+,33-,34-/m0/s1. The highest BCUT2D eigenvalue weighted by atomic mass is 32.2. The molecule has 2 atom stereocenters. The van der Waals surface area contributed by atoms with Gasteiger partial charge in [-0.05, 0) is 68.0 Å². The molecule has 1 heterocycles. The van der Waals surface area contributed by atoms with Crippen molar-refractivity contribution in [1.29, 1.82) is 0 Å². The fourth-order valence-corrected chi connectivity index (χ4v) is 8.93. The normalized spacial score (nSPS) is 24.9. The Balaban J connectivity index is 1.56. The van der Waals surface area contributed by atoms with Gasteiger partial charge in [0.15, 0.2) is 0 Å². The first kappa shape index (κ1) is 34.3. The largest absolute Gasteiger partial charge is 0.377 e. The topological polar surface area (TPSA) is 59.1 Å². The van der Waals surface area contributed by atoms with E-state index in [-0.39, 0.29) is 30.5 Å². The summed E-state index contributed by atoms with van der Waals surface area (Å²) in [6, 6.07) is 22.2. The first-order valence-electron chi connectivity index (χ1n) is 16.5. The van der Waals surface area contributed by atoms with Crippen LogP contribution in [0.25, 0.3) is 0 Å². The molecule has 8 heteroatoms. The van der Waals surface area contributed by atoms with Gasteiger partial charge in [0, 0.05) is 32.8 Å². The molecular formula is C35H56N2O4SSi. The first-order chi connectivity index (χ1) is 20.5. The van der Waals surface area contributed by atoms with Crippen molar-refractivity contribution in [3.8, 4) is 0 Å². The molecule has 0 bridgehead atoms. The maximum atomic E-state index is 13.4. The molecule has 0 spiro atoms. The molecule has 2 fully saturated rings. The lowest BCUT2D eigenvalue weighted by atomic mass is 9.83. The van der Waals surface area contributed by atoms with Crippen molar-refractivity contribution in [2.45, 2.75) is 121 Å². The molecule has 240 valence electrons. The average molecular weight is 629 g/mol. The SMILES string of the molecule is CCC1(CC)C[C@H](N(COCC[Si](C)(C)C)S(C)(=O)=O)[C@H](CO[C@H]2CC[C@@H](c3ccccc3)CC2)N1Cc1ccccc1. The third-order valence-electron chi connectivity index (χ3n) is 10.0. The number of benzene rings is 2. The summed E-state index contributed by atoms with van der Waals surface area (Å²) in [5.74, 6) is 0.594. The lowest BCUT2D eigenvalue weighted by molar-refractivity contribution is -0.0349. The van der Waals surface area contributed by atoms with Crippen LogP contribution in [0.2, 0.25) is 25.7 Å². The van der Waals surface area contributed by atoms with Gasteiger partial charge in [-0.1, -0.05) is 94.2 Å². The van der Waals surface area contributed by atoms with Crippen LogP contribution < -0.4 is 0 Å². The van der Waals surface area contributed by atoms with E-state index in [1.54, 1.807) is 4.31 Å². The predicted molar refractivity (Wildman–Crippen MR) is 181 cm³/mol. The maximum absolute atomic E-state index is 13.4. The Kier molecular flexibility index (Phi) is 12.1. The van der Waals surface area contributed by atoms with Crippen molar-refractivity contribution in [1.82, 2.24) is 9.21 Å². The van der Waals surface area contributed by atoms with Gasteiger partial charge in [0.1, 0.15) is 6.73 Å². The number of rotatable bonds is 15. The van der Waals surface area contributed by atoms with Crippen molar-refractivity contribution < 1.29 is 17.9 Å². The third kappa shape index (κ3) is 9.24. The minimum atomic E-state index is -3.50. The number of hydrogen-bond donors (Lipinski definition) is 0. The molecule has 0 unspecified atom stereocenters. The van der Waals surface area contributed by atoms with Crippen molar-refractivity contribution in [3.63, 3.8) is 0 Å². The molecule has 0 N–H and O–H groups in total. The van der Waals surface area contributed by atoms with Gasteiger partial charge in [-0.3, -0.25) is 4.90 Å². The molecule has 1 aliphatic carbocycles. The van der Waals surface area contributed by atoms with Gasteiger partial charge in [-0.25, -0.2) is 8.42 Å². The zero-order valence-corrected chi connectivity index (χ0v) is 29.3. The summed E-state index contributed by atoms with van der Waals surface area (Å²) in [7, 11) is -4.79. The lowest BCUT2D eigenvalue weighted by Crippen LogP contribution is -2.52. The van der Waals surface area contributed by atoms with Crippen molar-refractivity contribution >= 4 is 18.1 Å². The fraction of sp³-hybridized carbons (Fsp3) is 0.657. The Morgan fingerprint density at radius 3 is 2.09 bits per heavy atom. The second-order valence-electron chi connectivity index (χ2n) is 14.1. The van der Waals surface area contributed by atoms with Gasteiger partial charge in [0.05, 0.1) is 25.0 Å². The van der Waals surface area contributed by atoms with Crippen molar-refractivity contribution in [2.24, 2.45) is 0 Å². The van der Waals surface area contributed by atoms with Gasteiger partial charge >= 0.3 is 0 Å². The monoisotopic (exact) mass is 628 g/mol. The van der Waals surface area contributed by atoms with E-state index in [1.165, 1.54) is 17.4 Å². The minimum absolute atomic E-state index is 0.0535. The molecule has 1 aliphatic heterocycles. The molecule has 0 aromatic heterocycles. The van der Waals surface area contributed by atoms with E-state index >= 15 is 0 Å². The molecule has 4 rings (SSSR count). The summed E-state index contributed by atoms with van der Waals surface area (Å²) in [4.78, 5) is 2.59. The molecular weight excluding hydrogens is 573 g/mol. The van der Waals surface area contributed by atoms with Gasteiger partial charge in [-0.15, -0.1) is 0 Å². The van der Waals surface area contributed by atoms with Gasteiger partial charge < -0.3 is 9.47 Å². The molecule has 1 saturated heterocycles. The molecule has 1 saturated carbocycles. The third-order valence-corrected chi connectivity index (χ3v) is 12.9. The molecule has 2 aromatic carbocycles. The van der Waals surface area contributed by atoms with Crippen LogP contribution >= 0.6 is 0 Å². The van der Waals surface area contributed by atoms with Gasteiger partial charge in [0.2, 0.25) is 10.0 Å². The van der Waals surface area contributed by atoms with Crippen LogP contribution in [-0.2, 0) is 26.0 Å². The van der Waals surface area contributed by atoms with E-state index in [0.717, 1.165) is 57.5 Å². The van der Waals surface area contributed by atoms with Crippen LogP contribution in [0.1, 0.15) is 75.8 Å². The van der Waals surface area contributed by atoms with Crippen LogP contribution in [0.4, 0.5) is 0 Å². The smallest absolute Gasteiger partial charge is 0.213 e. The van der Waals surface area contributed by atoms with Gasteiger partial charge in [-0.2, -0.15) is 4.31 Å². The van der Waals surface area contributed by atoms with E-state index in [4.69, 9.17) is 9.47 Å². The summed E-state index contributed by atoms with van der Waals surface area (Å²) in [5, 5.41) is 0. The summed E-state index contributed by atoms with van der Waals surface area (Å²) in [5.41, 5.74) is 2.57. The minimum Gasteiger partial charge on any atom is -0.377 e. The molecule has 2 aliphatic rings. The highest BCUT2D eigenvalue weighted by molar-refractivity contribution is 7.88. The zero-order valence-electron chi connectivity index (χ0n) is 27.5. The number of nitrogens with zero attached hydrogens (tertiary/aromatic N) is 2. The Labute approximate surface area is 263 Å². The van der Waals surface area contributed by atoms with Crippen molar-refractivity contribution in [2.75, 3.05) is 26.2 Å². The number of hydrogen-bond acceptors (Lipinski definition) is 5. The second-order valence-corrected chi connectivity index (χ2v) is 21.7. The highest BCUT2D eigenvalue weighted by Crippen LogP contribution is 2.44. The van der Waals surface area contributed by atoms with Crippen LogP contribution in [-0.4, -0.2) is 75.6 Å². The van der Waals surface area contributed by atoms with Crippen LogP contribution in [0, 0.1) is 0 Å². The summed E-state index contributed by atoms with van der Waals surface area (Å²) in [6.07, 6.45) is 8.59. The van der Waals surface area contributed by atoms with E-state index in [2.05, 4.69) is 99.1 Å². The van der Waals surface area contributed by atoms with Crippen LogP contribution in [0.3, 0.4) is 0 Å². The fourth-order valence-electron chi connectivity index (χ4n) is 7.20. The average Bonchev–Trinajstić information content (AvgIpc) is 3.28. The maximum Gasteiger partial charge on any atom is 0.213 e. The van der Waals surface area contributed by atoms with E-state index in [1.807, 2.05) is 0 Å². The molecule has 0 amide bonds. The Morgan fingerprint density at radius 1 is 0.930 bits per heavy atom. The Hall–Kier alpha value is -1.55. The first-order valence-corrected chi connectivity index (χ1v) is 22.0. The molecule has 43 heavy (non-hydrogen) atoms. The van der Waals surface area contributed by atoms with Crippen LogP contribution in [0.15, 0.2) is 60.7 Å². The zero-order chi connectivity index (χ0) is 31.1.